The second-order valence-corrected chi connectivity index (χ2v) is 8.46. The van der Waals surface area contributed by atoms with Crippen molar-refractivity contribution < 1.29 is 19.0 Å². The largest absolute Gasteiger partial charge is 0.497 e. The van der Waals surface area contributed by atoms with Gasteiger partial charge in [-0.25, -0.2) is 4.98 Å². The Bertz CT molecular complexity index is 1080. The number of aromatic nitrogens is 2. The Morgan fingerprint density at radius 1 is 1.10 bits per heavy atom. The molecule has 2 aromatic carbocycles. The third-order valence-corrected chi connectivity index (χ3v) is 6.15. The van der Waals surface area contributed by atoms with Crippen LogP contribution in [0, 0.1) is 0 Å². The monoisotopic (exact) mass is 439 g/mol. The topological polar surface area (TPSA) is 74.6 Å². The van der Waals surface area contributed by atoms with Crippen LogP contribution in [0.25, 0.3) is 5.69 Å². The number of hydrogen-bond acceptors (Lipinski definition) is 6. The van der Waals surface area contributed by atoms with Crippen LogP contribution in [-0.2, 0) is 4.79 Å². The van der Waals surface area contributed by atoms with Gasteiger partial charge in [0, 0.05) is 5.69 Å². The van der Waals surface area contributed by atoms with Gasteiger partial charge in [-0.05, 0) is 55.8 Å². The van der Waals surface area contributed by atoms with E-state index in [0.717, 1.165) is 22.7 Å². The van der Waals surface area contributed by atoms with Gasteiger partial charge in [-0.1, -0.05) is 6.07 Å². The Kier molecular flexibility index (Phi) is 6.08. The lowest BCUT2D eigenvalue weighted by atomic mass is 10.1. The molecule has 0 bridgehead atoms. The molecule has 1 aromatic heterocycles. The van der Waals surface area contributed by atoms with Crippen LogP contribution >= 0.6 is 11.8 Å². The Morgan fingerprint density at radius 3 is 2.55 bits per heavy atom. The van der Waals surface area contributed by atoms with Crippen LogP contribution in [0.2, 0.25) is 0 Å². The van der Waals surface area contributed by atoms with Crippen LogP contribution in [0.15, 0.2) is 48.8 Å². The molecule has 1 unspecified atom stereocenters. The van der Waals surface area contributed by atoms with Crippen LogP contribution in [-0.4, -0.2) is 41.5 Å². The van der Waals surface area contributed by atoms with Gasteiger partial charge in [0.1, 0.15) is 12.1 Å². The highest BCUT2D eigenvalue weighted by atomic mass is 32.2. The van der Waals surface area contributed by atoms with E-state index in [0.29, 0.717) is 23.1 Å². The standard InChI is InChI=1S/C23H25N3O4S/c1-14(2)30-18-10-5-15(11-19(18)29-4)22-21-23(25-20(27)12-31-22)24-13-26(21)16-6-8-17(28-3)9-7-16/h5-11,13-14,22H,12H2,1-4H3,(H,25,27). The fraction of sp³-hybridized carbons (Fsp3) is 0.304. The van der Waals surface area contributed by atoms with E-state index in [1.807, 2.05) is 60.9 Å². The van der Waals surface area contributed by atoms with Gasteiger partial charge < -0.3 is 19.5 Å². The number of amides is 1. The van der Waals surface area contributed by atoms with Gasteiger partial charge in [-0.3, -0.25) is 9.36 Å². The number of methoxy groups -OCH3 is 2. The molecule has 0 saturated carbocycles. The summed E-state index contributed by atoms with van der Waals surface area (Å²) in [5, 5.41) is 2.80. The summed E-state index contributed by atoms with van der Waals surface area (Å²) in [7, 11) is 3.27. The van der Waals surface area contributed by atoms with Crippen LogP contribution in [0.3, 0.4) is 0 Å². The molecule has 0 spiro atoms. The number of thioether (sulfide) groups is 1. The van der Waals surface area contributed by atoms with Gasteiger partial charge >= 0.3 is 0 Å². The van der Waals surface area contributed by atoms with Crippen molar-refractivity contribution in [2.24, 2.45) is 0 Å². The maximum Gasteiger partial charge on any atom is 0.235 e. The summed E-state index contributed by atoms with van der Waals surface area (Å²) in [5.41, 5.74) is 2.84. The fourth-order valence-corrected chi connectivity index (χ4v) is 4.62. The maximum atomic E-state index is 12.3. The lowest BCUT2D eigenvalue weighted by Gasteiger charge is -2.20. The van der Waals surface area contributed by atoms with E-state index in [2.05, 4.69) is 10.3 Å². The van der Waals surface area contributed by atoms with E-state index in [1.165, 1.54) is 0 Å². The molecule has 0 radical (unpaired) electrons. The zero-order chi connectivity index (χ0) is 22.0. The van der Waals surface area contributed by atoms with Gasteiger partial charge in [-0.2, -0.15) is 0 Å². The smallest absolute Gasteiger partial charge is 0.235 e. The van der Waals surface area contributed by atoms with Crippen molar-refractivity contribution in [3.05, 3.63) is 60.0 Å². The third kappa shape index (κ3) is 4.34. The number of ether oxygens (including phenoxy) is 3. The Morgan fingerprint density at radius 2 is 1.87 bits per heavy atom. The summed E-state index contributed by atoms with van der Waals surface area (Å²) in [6.45, 7) is 3.96. The third-order valence-electron chi connectivity index (χ3n) is 4.90. The van der Waals surface area contributed by atoms with E-state index in [1.54, 1.807) is 32.3 Å². The van der Waals surface area contributed by atoms with Crippen LogP contribution in [0.5, 0.6) is 17.2 Å². The molecular formula is C23H25N3O4S. The van der Waals surface area contributed by atoms with Crippen molar-refractivity contribution in [1.29, 1.82) is 0 Å². The zero-order valence-electron chi connectivity index (χ0n) is 17.9. The molecular weight excluding hydrogens is 414 g/mol. The lowest BCUT2D eigenvalue weighted by molar-refractivity contribution is -0.113. The van der Waals surface area contributed by atoms with Crippen molar-refractivity contribution in [2.75, 3.05) is 25.3 Å². The first kappa shape index (κ1) is 21.1. The summed E-state index contributed by atoms with van der Waals surface area (Å²) in [6.07, 6.45) is 1.77. The number of fused-ring (bicyclic) bond motifs is 1. The molecule has 7 nitrogen and oxygen atoms in total. The van der Waals surface area contributed by atoms with Crippen molar-refractivity contribution in [1.82, 2.24) is 9.55 Å². The first-order chi connectivity index (χ1) is 15.0. The van der Waals surface area contributed by atoms with Crippen LogP contribution in [0.1, 0.15) is 30.4 Å². The molecule has 8 heteroatoms. The van der Waals surface area contributed by atoms with Gasteiger partial charge in [0.05, 0.1) is 37.0 Å². The maximum absolute atomic E-state index is 12.3. The first-order valence-electron chi connectivity index (χ1n) is 9.98. The highest BCUT2D eigenvalue weighted by Gasteiger charge is 2.30. The normalized spacial score (nSPS) is 15.8. The van der Waals surface area contributed by atoms with Crippen molar-refractivity contribution in [3.8, 4) is 22.9 Å². The van der Waals surface area contributed by atoms with Crippen LogP contribution in [0.4, 0.5) is 5.82 Å². The molecule has 1 atom stereocenters. The minimum Gasteiger partial charge on any atom is -0.497 e. The Hall–Kier alpha value is -3.13. The molecule has 1 aliphatic rings. The molecule has 162 valence electrons. The zero-order valence-corrected chi connectivity index (χ0v) is 18.7. The molecule has 1 aliphatic heterocycles. The molecule has 1 amide bonds. The minimum absolute atomic E-state index is 0.0388. The molecule has 2 heterocycles. The average Bonchev–Trinajstić information content (AvgIpc) is 3.09. The second kappa shape index (κ2) is 8.93. The highest BCUT2D eigenvalue weighted by Crippen LogP contribution is 2.44. The number of rotatable bonds is 6. The highest BCUT2D eigenvalue weighted by molar-refractivity contribution is 8.00. The number of carbonyl (C=O) groups is 1. The van der Waals surface area contributed by atoms with E-state index in [-0.39, 0.29) is 17.3 Å². The Labute approximate surface area is 185 Å². The molecule has 1 N–H and O–H groups in total. The predicted molar refractivity (Wildman–Crippen MR) is 122 cm³/mol. The van der Waals surface area contributed by atoms with E-state index in [9.17, 15) is 4.79 Å². The summed E-state index contributed by atoms with van der Waals surface area (Å²) in [6, 6.07) is 13.6. The second-order valence-electron chi connectivity index (χ2n) is 7.36. The van der Waals surface area contributed by atoms with Gasteiger partial charge in [-0.15, -0.1) is 11.8 Å². The van der Waals surface area contributed by atoms with Crippen molar-refractivity contribution in [3.63, 3.8) is 0 Å². The molecule has 3 aromatic rings. The van der Waals surface area contributed by atoms with E-state index >= 15 is 0 Å². The number of anilines is 1. The molecule has 0 fully saturated rings. The molecule has 0 aliphatic carbocycles. The fourth-order valence-electron chi connectivity index (χ4n) is 3.51. The van der Waals surface area contributed by atoms with Crippen molar-refractivity contribution in [2.45, 2.75) is 25.2 Å². The molecule has 0 saturated heterocycles. The number of hydrogen-bond donors (Lipinski definition) is 1. The SMILES string of the molecule is COc1ccc(-n2cnc3c2C(c2ccc(OC(C)C)c(OC)c2)SCC(=O)N3)cc1. The van der Waals surface area contributed by atoms with Crippen molar-refractivity contribution >= 4 is 23.5 Å². The van der Waals surface area contributed by atoms with Gasteiger partial charge in [0.15, 0.2) is 17.3 Å². The minimum atomic E-state index is -0.124. The summed E-state index contributed by atoms with van der Waals surface area (Å²) < 4.78 is 18.7. The summed E-state index contributed by atoms with van der Waals surface area (Å²) >= 11 is 1.55. The first-order valence-corrected chi connectivity index (χ1v) is 11.0. The summed E-state index contributed by atoms with van der Waals surface area (Å²) in [5.74, 6) is 2.96. The number of nitrogens with one attached hydrogen (secondary N) is 1. The molecule has 4 rings (SSSR count). The average molecular weight is 440 g/mol. The van der Waals surface area contributed by atoms with Crippen LogP contribution < -0.4 is 19.5 Å². The molecule has 31 heavy (non-hydrogen) atoms. The number of benzene rings is 2. The van der Waals surface area contributed by atoms with Gasteiger partial charge in [0.2, 0.25) is 5.91 Å². The quantitative estimate of drug-likeness (QED) is 0.612. The lowest BCUT2D eigenvalue weighted by Crippen LogP contribution is -2.12. The van der Waals surface area contributed by atoms with E-state index in [4.69, 9.17) is 14.2 Å². The number of imidazole rings is 1. The number of carbonyl (C=O) groups excluding carboxylic acids is 1. The predicted octanol–water partition coefficient (Wildman–Crippen LogP) is 4.45. The number of nitrogens with zero attached hydrogens (tertiary/aromatic N) is 2. The van der Waals surface area contributed by atoms with Gasteiger partial charge in [0.25, 0.3) is 0 Å². The Balaban J connectivity index is 1.80. The van der Waals surface area contributed by atoms with E-state index < -0.39 is 0 Å². The summed E-state index contributed by atoms with van der Waals surface area (Å²) in [4.78, 5) is 16.8.